The molecule has 0 aliphatic heterocycles. The lowest BCUT2D eigenvalue weighted by Crippen LogP contribution is -2.40. The van der Waals surface area contributed by atoms with E-state index in [9.17, 15) is 4.79 Å². The first kappa shape index (κ1) is 8.98. The van der Waals surface area contributed by atoms with Gasteiger partial charge in [0.1, 0.15) is 5.60 Å². The molecule has 1 N–H and O–H groups in total. The summed E-state index contributed by atoms with van der Waals surface area (Å²) in [5.74, 6) is -1.22. The molecule has 0 radical (unpaired) electrons. The number of ether oxygens (including phenoxy) is 1. The Bertz CT molecular complexity index is 356. The van der Waals surface area contributed by atoms with Gasteiger partial charge in [-0.15, -0.1) is 0 Å². The van der Waals surface area contributed by atoms with Crippen LogP contribution in [0.3, 0.4) is 0 Å². The second kappa shape index (κ2) is 2.97. The van der Waals surface area contributed by atoms with Crippen LogP contribution >= 0.6 is 0 Å². The normalized spacial score (nSPS) is 18.6. The molecule has 0 bridgehead atoms. The molecule has 0 aromatic carbocycles. The van der Waals surface area contributed by atoms with Gasteiger partial charge in [-0.3, -0.25) is 0 Å². The van der Waals surface area contributed by atoms with Gasteiger partial charge in [-0.25, -0.2) is 9.42 Å². The summed E-state index contributed by atoms with van der Waals surface area (Å²) in [7, 11) is 0. The van der Waals surface area contributed by atoms with Gasteiger partial charge in [-0.05, 0) is 36.5 Å². The molecule has 1 heterocycles. The number of carboxylic acids is 1. The van der Waals surface area contributed by atoms with Gasteiger partial charge in [0.25, 0.3) is 11.6 Å². The van der Waals surface area contributed by atoms with Crippen LogP contribution in [0.25, 0.3) is 0 Å². The maximum atomic E-state index is 10.6. The highest BCUT2D eigenvalue weighted by Crippen LogP contribution is 2.36. The van der Waals surface area contributed by atoms with Gasteiger partial charge in [0, 0.05) is 0 Å². The molecule has 0 spiro atoms. The van der Waals surface area contributed by atoms with Crippen LogP contribution in [0.2, 0.25) is 0 Å². The van der Waals surface area contributed by atoms with Gasteiger partial charge < -0.3 is 9.84 Å². The van der Waals surface area contributed by atoms with Crippen molar-refractivity contribution in [3.63, 3.8) is 0 Å². The molecule has 1 saturated carbocycles. The molecule has 6 nitrogen and oxygen atoms in total. The Morgan fingerprint density at radius 2 is 2.29 bits per heavy atom. The van der Waals surface area contributed by atoms with Crippen molar-refractivity contribution < 1.29 is 19.3 Å². The van der Waals surface area contributed by atoms with E-state index in [-0.39, 0.29) is 17.2 Å². The van der Waals surface area contributed by atoms with E-state index in [1.807, 2.05) is 6.92 Å². The van der Waals surface area contributed by atoms with E-state index in [2.05, 4.69) is 14.9 Å². The maximum Gasteiger partial charge on any atom is 0.363 e. The summed E-state index contributed by atoms with van der Waals surface area (Å²) in [4.78, 5) is 10.6. The molecule has 1 fully saturated rings. The maximum absolute atomic E-state index is 10.6. The van der Waals surface area contributed by atoms with E-state index < -0.39 is 5.97 Å². The van der Waals surface area contributed by atoms with Gasteiger partial charge in [-0.1, -0.05) is 0 Å². The van der Waals surface area contributed by atoms with Gasteiger partial charge in [-0.2, -0.15) is 0 Å². The Kier molecular flexibility index (Phi) is 1.90. The van der Waals surface area contributed by atoms with Crippen molar-refractivity contribution in [1.82, 2.24) is 10.3 Å². The Morgan fingerprint density at radius 1 is 1.57 bits per heavy atom. The highest BCUT2D eigenvalue weighted by Gasteiger charge is 2.36. The minimum absolute atomic E-state index is 0.0281. The summed E-state index contributed by atoms with van der Waals surface area (Å²) in [5.41, 5.74) is -0.568. The molecule has 14 heavy (non-hydrogen) atoms. The zero-order chi connectivity index (χ0) is 10.2. The predicted octanol–water partition coefficient (Wildman–Crippen LogP) is 1.09. The average molecular weight is 198 g/mol. The third kappa shape index (κ3) is 1.43. The number of hydrogen-bond acceptors (Lipinski definition) is 5. The molecule has 76 valence electrons. The number of carbonyl (C=O) groups is 1. The highest BCUT2D eigenvalue weighted by molar-refractivity contribution is 5.87. The summed E-state index contributed by atoms with van der Waals surface area (Å²) < 4.78 is 9.74. The van der Waals surface area contributed by atoms with Crippen LogP contribution in [-0.4, -0.2) is 27.0 Å². The fourth-order valence-corrected chi connectivity index (χ4v) is 1.39. The zero-order valence-corrected chi connectivity index (χ0v) is 7.69. The monoisotopic (exact) mass is 198 g/mol. The van der Waals surface area contributed by atoms with Crippen molar-refractivity contribution in [3.8, 4) is 5.88 Å². The Hall–Kier alpha value is -1.59. The van der Waals surface area contributed by atoms with E-state index in [0.29, 0.717) is 0 Å². The summed E-state index contributed by atoms with van der Waals surface area (Å²) in [5, 5.41) is 15.4. The number of aromatic carboxylic acids is 1. The van der Waals surface area contributed by atoms with E-state index in [0.717, 1.165) is 19.3 Å². The smallest absolute Gasteiger partial charge is 0.363 e. The number of hydrogen-bond donors (Lipinski definition) is 1. The fraction of sp³-hybridized carbons (Fsp3) is 0.625. The number of aromatic nitrogens is 2. The molecular weight excluding hydrogens is 188 g/mol. The lowest BCUT2D eigenvalue weighted by molar-refractivity contribution is 0.00337. The minimum Gasteiger partial charge on any atom is -0.476 e. The average Bonchev–Trinajstić information content (AvgIpc) is 2.49. The van der Waals surface area contributed by atoms with Gasteiger partial charge in [0.2, 0.25) is 0 Å². The largest absolute Gasteiger partial charge is 0.476 e. The third-order valence-corrected chi connectivity index (χ3v) is 2.42. The molecule has 0 amide bonds. The van der Waals surface area contributed by atoms with Crippen molar-refractivity contribution in [2.45, 2.75) is 31.8 Å². The number of rotatable bonds is 3. The quantitative estimate of drug-likeness (QED) is 0.782. The molecule has 0 unspecified atom stereocenters. The summed E-state index contributed by atoms with van der Waals surface area (Å²) in [6.45, 7) is 1.91. The van der Waals surface area contributed by atoms with Crippen LogP contribution in [0, 0.1) is 0 Å². The third-order valence-electron chi connectivity index (χ3n) is 2.42. The first-order valence-corrected chi connectivity index (χ1v) is 4.36. The van der Waals surface area contributed by atoms with Gasteiger partial charge in [0.05, 0.1) is 0 Å². The van der Waals surface area contributed by atoms with Gasteiger partial charge in [0.15, 0.2) is 0 Å². The highest BCUT2D eigenvalue weighted by atomic mass is 16.6. The minimum atomic E-state index is -1.19. The van der Waals surface area contributed by atoms with E-state index in [1.165, 1.54) is 0 Å². The summed E-state index contributed by atoms with van der Waals surface area (Å²) in [6, 6.07) is 0. The first-order valence-electron chi connectivity index (χ1n) is 4.36. The van der Waals surface area contributed by atoms with Crippen LogP contribution < -0.4 is 4.74 Å². The lowest BCUT2D eigenvalue weighted by Gasteiger charge is -2.37. The van der Waals surface area contributed by atoms with Crippen molar-refractivity contribution in [2.24, 2.45) is 0 Å². The molecule has 1 aromatic rings. The molecule has 0 saturated heterocycles. The van der Waals surface area contributed by atoms with E-state index in [1.54, 1.807) is 0 Å². The van der Waals surface area contributed by atoms with E-state index >= 15 is 0 Å². The van der Waals surface area contributed by atoms with Gasteiger partial charge >= 0.3 is 5.97 Å². The second-order valence-corrected chi connectivity index (χ2v) is 3.63. The lowest BCUT2D eigenvalue weighted by atomic mass is 9.82. The summed E-state index contributed by atoms with van der Waals surface area (Å²) >= 11 is 0. The molecule has 2 rings (SSSR count). The van der Waals surface area contributed by atoms with Crippen LogP contribution in [-0.2, 0) is 0 Å². The SMILES string of the molecule is CC1(Oc2nonc2C(=O)O)CCC1. The first-order chi connectivity index (χ1) is 6.61. The van der Waals surface area contributed by atoms with Crippen molar-refractivity contribution in [3.05, 3.63) is 5.69 Å². The van der Waals surface area contributed by atoms with Crippen molar-refractivity contribution in [1.29, 1.82) is 0 Å². The number of nitrogens with zero attached hydrogens (tertiary/aromatic N) is 2. The fourth-order valence-electron chi connectivity index (χ4n) is 1.39. The van der Waals surface area contributed by atoms with Crippen molar-refractivity contribution >= 4 is 5.97 Å². The van der Waals surface area contributed by atoms with E-state index in [4.69, 9.17) is 9.84 Å². The predicted molar refractivity (Wildman–Crippen MR) is 44.1 cm³/mol. The van der Waals surface area contributed by atoms with Crippen molar-refractivity contribution in [2.75, 3.05) is 0 Å². The summed E-state index contributed by atoms with van der Waals surface area (Å²) in [6.07, 6.45) is 2.89. The Balaban J connectivity index is 2.16. The Labute approximate surface area is 79.8 Å². The second-order valence-electron chi connectivity index (χ2n) is 3.63. The van der Waals surface area contributed by atoms with Crippen LogP contribution in [0.4, 0.5) is 0 Å². The number of carboxylic acid groups (broad SMARTS) is 1. The van der Waals surface area contributed by atoms with Crippen LogP contribution in [0.15, 0.2) is 4.63 Å². The molecule has 0 atom stereocenters. The molecule has 1 aliphatic rings. The van der Waals surface area contributed by atoms with Crippen LogP contribution in [0.5, 0.6) is 5.88 Å². The molecule has 6 heteroatoms. The molecular formula is C8H10N2O4. The Morgan fingerprint density at radius 3 is 2.79 bits per heavy atom. The van der Waals surface area contributed by atoms with Crippen LogP contribution in [0.1, 0.15) is 36.7 Å². The molecule has 1 aromatic heterocycles. The zero-order valence-electron chi connectivity index (χ0n) is 7.69. The molecule has 1 aliphatic carbocycles. The topological polar surface area (TPSA) is 85.5 Å². The standard InChI is InChI=1S/C8H10N2O4/c1-8(3-2-4-8)13-6-5(7(11)12)9-14-10-6/h2-4H2,1H3,(H,11,12).